The van der Waals surface area contributed by atoms with Crippen LogP contribution in [0.3, 0.4) is 0 Å². The van der Waals surface area contributed by atoms with Crippen LogP contribution in [0.5, 0.6) is 0 Å². The third kappa shape index (κ3) is 2.66. The Hall–Kier alpha value is -2.11. The molecule has 7 heteroatoms. The van der Waals surface area contributed by atoms with Crippen LogP contribution in [0.1, 0.15) is 24.6 Å². The number of hydrogen-bond donors (Lipinski definition) is 1. The SMILES string of the molecule is CC(C)N1CC=C2C(C#N)=C(N)C(C#N)(C#N)[C@H](c3cc(Br)cs3)[C@@H]2C1. The lowest BCUT2D eigenvalue weighted by Crippen LogP contribution is -2.49. The topological polar surface area (TPSA) is 101 Å². The molecule has 0 bridgehead atoms. The second-order valence-electron chi connectivity index (χ2n) is 6.89. The van der Waals surface area contributed by atoms with Crippen LogP contribution in [0.15, 0.2) is 38.8 Å². The number of nitriles is 3. The predicted octanol–water partition coefficient (Wildman–Crippen LogP) is 3.64. The molecule has 1 aliphatic carbocycles. The summed E-state index contributed by atoms with van der Waals surface area (Å²) < 4.78 is 0.915. The normalized spacial score (nSPS) is 25.0. The van der Waals surface area contributed by atoms with Gasteiger partial charge in [0.05, 0.1) is 23.4 Å². The highest BCUT2D eigenvalue weighted by Crippen LogP contribution is 2.55. The van der Waals surface area contributed by atoms with E-state index in [2.05, 4.69) is 52.9 Å². The highest BCUT2D eigenvalue weighted by atomic mass is 79.9. The highest BCUT2D eigenvalue weighted by Gasteiger charge is 2.55. The summed E-state index contributed by atoms with van der Waals surface area (Å²) in [6, 6.07) is 8.77. The maximum absolute atomic E-state index is 9.99. The van der Waals surface area contributed by atoms with Gasteiger partial charge < -0.3 is 5.73 Å². The molecule has 2 N–H and O–H groups in total. The molecule has 0 fully saturated rings. The van der Waals surface area contributed by atoms with E-state index in [1.54, 1.807) is 0 Å². The molecule has 0 saturated heterocycles. The number of nitrogens with two attached hydrogens (primary N) is 1. The zero-order chi connectivity index (χ0) is 19.1. The second kappa shape index (κ2) is 6.89. The monoisotopic (exact) mass is 427 g/mol. The average molecular weight is 428 g/mol. The molecule has 0 spiro atoms. The molecule has 1 aromatic rings. The van der Waals surface area contributed by atoms with Gasteiger partial charge in [0, 0.05) is 45.7 Å². The molecular weight excluding hydrogens is 410 g/mol. The maximum Gasteiger partial charge on any atom is 0.192 e. The average Bonchev–Trinajstić information content (AvgIpc) is 3.06. The van der Waals surface area contributed by atoms with Crippen LogP contribution in [0, 0.1) is 45.3 Å². The van der Waals surface area contributed by atoms with Gasteiger partial charge in [-0.1, -0.05) is 6.08 Å². The Kier molecular flexibility index (Phi) is 4.95. The van der Waals surface area contributed by atoms with Gasteiger partial charge in [-0.15, -0.1) is 11.3 Å². The lowest BCUT2D eigenvalue weighted by atomic mass is 9.59. The lowest BCUT2D eigenvalue weighted by Gasteiger charge is -2.45. The minimum absolute atomic E-state index is 0.0834. The number of halogens is 1. The predicted molar refractivity (Wildman–Crippen MR) is 104 cm³/mol. The number of fused-ring (bicyclic) bond motifs is 1. The van der Waals surface area contributed by atoms with E-state index >= 15 is 0 Å². The zero-order valence-electron chi connectivity index (χ0n) is 14.5. The van der Waals surface area contributed by atoms with Crippen LogP contribution in [0.2, 0.25) is 0 Å². The number of nitrogens with zero attached hydrogens (tertiary/aromatic N) is 4. The molecule has 2 aliphatic rings. The van der Waals surface area contributed by atoms with Crippen LogP contribution < -0.4 is 5.73 Å². The van der Waals surface area contributed by atoms with Gasteiger partial charge in [-0.3, -0.25) is 4.90 Å². The zero-order valence-corrected chi connectivity index (χ0v) is 16.9. The van der Waals surface area contributed by atoms with Crippen molar-refractivity contribution in [2.75, 3.05) is 13.1 Å². The summed E-state index contributed by atoms with van der Waals surface area (Å²) in [5.41, 5.74) is 5.99. The van der Waals surface area contributed by atoms with Crippen molar-refractivity contribution in [1.82, 2.24) is 4.90 Å². The van der Waals surface area contributed by atoms with E-state index in [0.717, 1.165) is 21.5 Å². The number of thiophene rings is 1. The fourth-order valence-electron chi connectivity index (χ4n) is 3.92. The Morgan fingerprint density at radius 2 is 2.04 bits per heavy atom. The summed E-state index contributed by atoms with van der Waals surface area (Å²) in [6.07, 6.45) is 2.04. The number of rotatable bonds is 2. The molecule has 0 saturated carbocycles. The first-order valence-corrected chi connectivity index (χ1v) is 9.98. The van der Waals surface area contributed by atoms with Crippen LogP contribution in [0.25, 0.3) is 0 Å². The molecule has 1 aromatic heterocycles. The van der Waals surface area contributed by atoms with Crippen molar-refractivity contribution < 1.29 is 0 Å². The largest absolute Gasteiger partial charge is 0.399 e. The molecule has 0 unspecified atom stereocenters. The van der Waals surface area contributed by atoms with Gasteiger partial charge in [0.15, 0.2) is 5.41 Å². The molecule has 2 atom stereocenters. The second-order valence-corrected chi connectivity index (χ2v) is 8.75. The van der Waals surface area contributed by atoms with Crippen molar-refractivity contribution in [1.29, 1.82) is 15.8 Å². The minimum Gasteiger partial charge on any atom is -0.399 e. The van der Waals surface area contributed by atoms with Gasteiger partial charge in [-0.05, 0) is 41.4 Å². The Morgan fingerprint density at radius 1 is 1.35 bits per heavy atom. The highest BCUT2D eigenvalue weighted by molar-refractivity contribution is 9.10. The Morgan fingerprint density at radius 3 is 2.54 bits per heavy atom. The van der Waals surface area contributed by atoms with Gasteiger partial charge in [-0.25, -0.2) is 0 Å². The van der Waals surface area contributed by atoms with Crippen molar-refractivity contribution >= 4 is 27.3 Å². The first kappa shape index (κ1) is 18.7. The van der Waals surface area contributed by atoms with Crippen LogP contribution in [-0.4, -0.2) is 24.0 Å². The van der Waals surface area contributed by atoms with E-state index < -0.39 is 11.3 Å². The molecule has 0 amide bonds. The Bertz CT molecular complexity index is 907. The van der Waals surface area contributed by atoms with E-state index in [9.17, 15) is 15.8 Å². The van der Waals surface area contributed by atoms with Crippen LogP contribution >= 0.6 is 27.3 Å². The Balaban J connectivity index is 2.29. The van der Waals surface area contributed by atoms with E-state index in [1.807, 2.05) is 17.5 Å². The standard InChI is InChI=1S/C19H18BrN5S/c1-11(2)25-4-3-13-14(6-21)18(24)19(9-22,10-23)17(15(13)7-25)16-5-12(20)8-26-16/h3,5,8,11,15,17H,4,7,24H2,1-2H3/t15-,17+/m1/s1. The smallest absolute Gasteiger partial charge is 0.192 e. The fraction of sp³-hybridized carbons (Fsp3) is 0.421. The molecule has 132 valence electrons. The minimum atomic E-state index is -1.54. The first-order chi connectivity index (χ1) is 12.4. The van der Waals surface area contributed by atoms with Crippen molar-refractivity contribution in [2.45, 2.75) is 25.8 Å². The first-order valence-electron chi connectivity index (χ1n) is 8.30. The summed E-state index contributed by atoms with van der Waals surface area (Å²) in [5, 5.41) is 31.6. The van der Waals surface area contributed by atoms with Crippen molar-refractivity contribution in [2.24, 2.45) is 17.1 Å². The lowest BCUT2D eigenvalue weighted by molar-refractivity contribution is 0.175. The van der Waals surface area contributed by atoms with Gasteiger partial charge in [0.2, 0.25) is 0 Å². The summed E-state index contributed by atoms with van der Waals surface area (Å²) >= 11 is 4.98. The third-order valence-electron chi connectivity index (χ3n) is 5.32. The molecule has 0 radical (unpaired) electrons. The molecule has 3 rings (SSSR count). The molecule has 1 aliphatic heterocycles. The quantitative estimate of drug-likeness (QED) is 0.775. The van der Waals surface area contributed by atoms with Gasteiger partial charge >= 0.3 is 0 Å². The molecule has 2 heterocycles. The summed E-state index contributed by atoms with van der Waals surface area (Å²) in [7, 11) is 0. The van der Waals surface area contributed by atoms with Crippen molar-refractivity contribution in [3.05, 3.63) is 43.7 Å². The molecule has 26 heavy (non-hydrogen) atoms. The van der Waals surface area contributed by atoms with Crippen LogP contribution in [-0.2, 0) is 0 Å². The summed E-state index contributed by atoms with van der Waals surface area (Å²) in [4.78, 5) is 3.22. The number of allylic oxidation sites excluding steroid dienone is 2. The summed E-state index contributed by atoms with van der Waals surface area (Å²) in [5.74, 6) is -0.531. The van der Waals surface area contributed by atoms with Gasteiger partial charge in [0.1, 0.15) is 6.07 Å². The van der Waals surface area contributed by atoms with E-state index in [-0.39, 0.29) is 11.6 Å². The molecular formula is C19H18BrN5S. The van der Waals surface area contributed by atoms with E-state index in [1.165, 1.54) is 11.3 Å². The van der Waals surface area contributed by atoms with Crippen LogP contribution in [0.4, 0.5) is 0 Å². The fourth-order valence-corrected chi connectivity index (χ4v) is 5.60. The third-order valence-corrected chi connectivity index (χ3v) is 7.09. The van der Waals surface area contributed by atoms with Crippen molar-refractivity contribution in [3.63, 3.8) is 0 Å². The van der Waals surface area contributed by atoms with Gasteiger partial charge in [-0.2, -0.15) is 15.8 Å². The van der Waals surface area contributed by atoms with E-state index in [0.29, 0.717) is 18.2 Å². The molecule has 0 aromatic carbocycles. The maximum atomic E-state index is 9.99. The van der Waals surface area contributed by atoms with Gasteiger partial charge in [0.25, 0.3) is 0 Å². The number of hydrogen-bond acceptors (Lipinski definition) is 6. The summed E-state index contributed by atoms with van der Waals surface area (Å²) in [6.45, 7) is 5.66. The Labute approximate surface area is 165 Å². The van der Waals surface area contributed by atoms with Crippen molar-refractivity contribution in [3.8, 4) is 18.2 Å². The van der Waals surface area contributed by atoms with E-state index in [4.69, 9.17) is 5.73 Å². The molecule has 5 nitrogen and oxygen atoms in total.